The molecule has 4 rings (SSSR count). The van der Waals surface area contributed by atoms with Gasteiger partial charge in [-0.25, -0.2) is 0 Å². The number of hydrogen-bond acceptors (Lipinski definition) is 5. The van der Waals surface area contributed by atoms with Crippen LogP contribution in [0.15, 0.2) is 28.7 Å². The van der Waals surface area contributed by atoms with Crippen molar-refractivity contribution in [3.05, 3.63) is 30.0 Å². The number of fused-ring (bicyclic) bond motifs is 3. The SMILES string of the molecule is NC(=O)c1oc2c([nH]c3ccccc32)c1-c1nn[nH]n1. The van der Waals surface area contributed by atoms with Gasteiger partial charge in [0.05, 0.1) is 11.1 Å². The van der Waals surface area contributed by atoms with Crippen molar-refractivity contribution in [3.63, 3.8) is 0 Å². The Labute approximate surface area is 110 Å². The van der Waals surface area contributed by atoms with E-state index in [0.29, 0.717) is 16.7 Å². The Morgan fingerprint density at radius 2 is 2.15 bits per heavy atom. The molecule has 4 N–H and O–H groups in total. The molecule has 0 spiro atoms. The lowest BCUT2D eigenvalue weighted by Gasteiger charge is -1.93. The molecule has 0 radical (unpaired) electrons. The van der Waals surface area contributed by atoms with Gasteiger partial charge in [0.25, 0.3) is 5.91 Å². The maximum atomic E-state index is 11.5. The lowest BCUT2D eigenvalue weighted by atomic mass is 10.2. The van der Waals surface area contributed by atoms with Crippen molar-refractivity contribution in [2.24, 2.45) is 5.73 Å². The Kier molecular flexibility index (Phi) is 1.97. The summed E-state index contributed by atoms with van der Waals surface area (Å²) in [4.78, 5) is 14.7. The number of H-pyrrole nitrogens is 2. The molecule has 20 heavy (non-hydrogen) atoms. The van der Waals surface area contributed by atoms with Crippen LogP contribution >= 0.6 is 0 Å². The van der Waals surface area contributed by atoms with Crippen molar-refractivity contribution < 1.29 is 9.21 Å². The van der Waals surface area contributed by atoms with Crippen LogP contribution in [0.3, 0.4) is 0 Å². The third-order valence-corrected chi connectivity index (χ3v) is 3.13. The molecule has 0 bridgehead atoms. The maximum Gasteiger partial charge on any atom is 0.285 e. The van der Waals surface area contributed by atoms with Crippen LogP contribution in [0, 0.1) is 0 Å². The molecule has 4 aromatic rings. The predicted octanol–water partition coefficient (Wildman–Crippen LogP) is 1.19. The first-order chi connectivity index (χ1) is 9.75. The molecule has 1 aromatic carbocycles. The van der Waals surface area contributed by atoms with E-state index in [2.05, 4.69) is 25.6 Å². The number of carbonyl (C=O) groups is 1. The lowest BCUT2D eigenvalue weighted by Crippen LogP contribution is -2.11. The average molecular weight is 268 g/mol. The molecule has 98 valence electrons. The summed E-state index contributed by atoms with van der Waals surface area (Å²) >= 11 is 0. The quantitative estimate of drug-likeness (QED) is 0.503. The third kappa shape index (κ3) is 1.30. The lowest BCUT2D eigenvalue weighted by molar-refractivity contribution is 0.0977. The fraction of sp³-hybridized carbons (Fsp3) is 0. The van der Waals surface area contributed by atoms with Crippen molar-refractivity contribution in [1.29, 1.82) is 0 Å². The number of rotatable bonds is 2. The number of nitrogens with two attached hydrogens (primary N) is 1. The van der Waals surface area contributed by atoms with Crippen molar-refractivity contribution in [3.8, 4) is 11.4 Å². The molecule has 0 fully saturated rings. The molecule has 0 unspecified atom stereocenters. The van der Waals surface area contributed by atoms with Gasteiger partial charge in [0, 0.05) is 10.9 Å². The third-order valence-electron chi connectivity index (χ3n) is 3.13. The van der Waals surface area contributed by atoms with Gasteiger partial charge in [-0.1, -0.05) is 12.1 Å². The van der Waals surface area contributed by atoms with Crippen molar-refractivity contribution in [1.82, 2.24) is 25.6 Å². The first kappa shape index (κ1) is 10.7. The highest BCUT2D eigenvalue weighted by Gasteiger charge is 2.25. The van der Waals surface area contributed by atoms with E-state index < -0.39 is 5.91 Å². The fourth-order valence-corrected chi connectivity index (χ4v) is 2.32. The Bertz CT molecular complexity index is 934. The molecule has 0 aliphatic heterocycles. The van der Waals surface area contributed by atoms with Gasteiger partial charge in [-0.3, -0.25) is 4.79 Å². The summed E-state index contributed by atoms with van der Waals surface area (Å²) in [5, 5.41) is 14.5. The summed E-state index contributed by atoms with van der Waals surface area (Å²) < 4.78 is 5.61. The minimum atomic E-state index is -0.682. The van der Waals surface area contributed by atoms with Crippen LogP contribution in [0.4, 0.5) is 0 Å². The second-order valence-corrected chi connectivity index (χ2v) is 4.28. The molecule has 1 amide bonds. The van der Waals surface area contributed by atoms with E-state index in [9.17, 15) is 4.79 Å². The summed E-state index contributed by atoms with van der Waals surface area (Å²) in [6.07, 6.45) is 0. The van der Waals surface area contributed by atoms with Gasteiger partial charge >= 0.3 is 0 Å². The molecule has 0 aliphatic rings. The van der Waals surface area contributed by atoms with Gasteiger partial charge < -0.3 is 15.1 Å². The highest BCUT2D eigenvalue weighted by molar-refractivity contribution is 6.13. The molecular weight excluding hydrogens is 260 g/mol. The van der Waals surface area contributed by atoms with E-state index in [1.165, 1.54) is 0 Å². The van der Waals surface area contributed by atoms with Gasteiger partial charge in [-0.05, 0) is 17.3 Å². The van der Waals surface area contributed by atoms with Gasteiger partial charge in [-0.2, -0.15) is 5.21 Å². The topological polar surface area (TPSA) is 126 Å². The zero-order valence-electron chi connectivity index (χ0n) is 10.0. The summed E-state index contributed by atoms with van der Waals surface area (Å²) in [6.45, 7) is 0. The fourth-order valence-electron chi connectivity index (χ4n) is 2.32. The zero-order valence-corrected chi connectivity index (χ0v) is 10.0. The highest BCUT2D eigenvalue weighted by atomic mass is 16.3. The number of hydrogen-bond donors (Lipinski definition) is 3. The van der Waals surface area contributed by atoms with E-state index in [-0.39, 0.29) is 11.6 Å². The first-order valence-corrected chi connectivity index (χ1v) is 5.82. The number of furan rings is 1. The Balaban J connectivity index is 2.17. The molecular formula is C12H8N6O2. The van der Waals surface area contributed by atoms with Crippen LogP contribution in [-0.4, -0.2) is 31.5 Å². The summed E-state index contributed by atoms with van der Waals surface area (Å²) in [5.74, 6) is -0.416. The van der Waals surface area contributed by atoms with Gasteiger partial charge in [0.2, 0.25) is 11.6 Å². The standard InChI is InChI=1S/C12H8N6O2/c13-11(19)10-7(12-15-17-18-16-12)8-9(20-10)5-3-1-2-4-6(5)14-8/h1-4,14H,(H2,13,19)(H,15,16,17,18). The van der Waals surface area contributed by atoms with Crippen LogP contribution in [0.25, 0.3) is 33.4 Å². The monoisotopic (exact) mass is 268 g/mol. The number of para-hydroxylation sites is 1. The van der Waals surface area contributed by atoms with E-state index >= 15 is 0 Å². The van der Waals surface area contributed by atoms with Crippen LogP contribution in [0.2, 0.25) is 0 Å². The Morgan fingerprint density at radius 3 is 2.90 bits per heavy atom. The Hall–Kier alpha value is -3.16. The molecule has 0 saturated heterocycles. The summed E-state index contributed by atoms with van der Waals surface area (Å²) in [7, 11) is 0. The molecule has 3 heterocycles. The number of nitrogens with zero attached hydrogens (tertiary/aromatic N) is 3. The summed E-state index contributed by atoms with van der Waals surface area (Å²) in [6, 6.07) is 7.59. The second-order valence-electron chi connectivity index (χ2n) is 4.28. The first-order valence-electron chi connectivity index (χ1n) is 5.82. The van der Waals surface area contributed by atoms with Crippen LogP contribution in [-0.2, 0) is 0 Å². The van der Waals surface area contributed by atoms with Crippen LogP contribution in [0.5, 0.6) is 0 Å². The normalized spacial score (nSPS) is 11.4. The van der Waals surface area contributed by atoms with Crippen LogP contribution in [0.1, 0.15) is 10.6 Å². The minimum absolute atomic E-state index is 0.0124. The van der Waals surface area contributed by atoms with Crippen molar-refractivity contribution >= 4 is 27.9 Å². The Morgan fingerprint density at radius 1 is 1.30 bits per heavy atom. The molecule has 8 heteroatoms. The number of aromatic nitrogens is 5. The smallest absolute Gasteiger partial charge is 0.285 e. The van der Waals surface area contributed by atoms with Crippen molar-refractivity contribution in [2.75, 3.05) is 0 Å². The molecule has 0 aliphatic carbocycles. The van der Waals surface area contributed by atoms with Gasteiger partial charge in [0.15, 0.2) is 5.58 Å². The molecule has 8 nitrogen and oxygen atoms in total. The number of benzene rings is 1. The highest BCUT2D eigenvalue weighted by Crippen LogP contribution is 2.36. The number of primary amides is 1. The number of tetrazole rings is 1. The number of aromatic amines is 2. The number of nitrogens with one attached hydrogen (secondary N) is 2. The van der Waals surface area contributed by atoms with Crippen LogP contribution < -0.4 is 5.73 Å². The van der Waals surface area contributed by atoms with E-state index in [1.807, 2.05) is 24.3 Å². The largest absolute Gasteiger partial charge is 0.448 e. The average Bonchev–Trinajstić information content (AvgIpc) is 3.12. The zero-order chi connectivity index (χ0) is 13.7. The summed E-state index contributed by atoms with van der Waals surface area (Å²) in [5.41, 5.74) is 7.84. The number of amides is 1. The molecule has 3 aromatic heterocycles. The molecule has 0 saturated carbocycles. The maximum absolute atomic E-state index is 11.5. The van der Waals surface area contributed by atoms with Gasteiger partial charge in [-0.15, -0.1) is 10.2 Å². The van der Waals surface area contributed by atoms with Crippen molar-refractivity contribution in [2.45, 2.75) is 0 Å². The predicted molar refractivity (Wildman–Crippen MR) is 69.8 cm³/mol. The molecule has 0 atom stereocenters. The van der Waals surface area contributed by atoms with Gasteiger partial charge in [0.1, 0.15) is 0 Å². The number of carbonyl (C=O) groups excluding carboxylic acids is 1. The second kappa shape index (κ2) is 3.67. The van der Waals surface area contributed by atoms with E-state index in [4.69, 9.17) is 10.2 Å². The van der Waals surface area contributed by atoms with E-state index in [1.54, 1.807) is 0 Å². The van der Waals surface area contributed by atoms with E-state index in [0.717, 1.165) is 10.9 Å². The minimum Gasteiger partial charge on any atom is -0.448 e.